The molecule has 1 aromatic rings. The summed E-state index contributed by atoms with van der Waals surface area (Å²) in [5.41, 5.74) is 8.99. The largest absolute Gasteiger partial charge is 0.354 e. The van der Waals surface area contributed by atoms with Gasteiger partial charge in [-0.1, -0.05) is 37.1 Å². The van der Waals surface area contributed by atoms with E-state index in [2.05, 4.69) is 34.4 Å². The monoisotopic (exact) mass is 356 g/mol. The van der Waals surface area contributed by atoms with E-state index in [4.69, 9.17) is 0 Å². The molecule has 1 saturated carbocycles. The third-order valence-electron chi connectivity index (χ3n) is 6.08. The van der Waals surface area contributed by atoms with Crippen molar-refractivity contribution in [3.05, 3.63) is 35.4 Å². The Labute approximate surface area is 154 Å². The van der Waals surface area contributed by atoms with Gasteiger partial charge >= 0.3 is 0 Å². The molecule has 4 rings (SSSR count). The van der Waals surface area contributed by atoms with Crippen LogP contribution in [0.25, 0.3) is 0 Å². The van der Waals surface area contributed by atoms with Gasteiger partial charge in [-0.2, -0.15) is 0 Å². The highest BCUT2D eigenvalue weighted by Crippen LogP contribution is 2.30. The fraction of sp³-hybridized carbons (Fsp3) is 0.600. The average molecular weight is 356 g/mol. The Balaban J connectivity index is 1.23. The molecular formula is C20H28N4O2. The summed E-state index contributed by atoms with van der Waals surface area (Å²) in [6, 6.07) is 8.55. The maximum atomic E-state index is 12.5. The summed E-state index contributed by atoms with van der Waals surface area (Å²) in [5.74, 6) is 0.509. The van der Waals surface area contributed by atoms with Gasteiger partial charge in [0.2, 0.25) is 11.8 Å². The Kier molecular flexibility index (Phi) is 5.22. The number of fused-ring (bicyclic) bond motifs is 2. The molecule has 6 nitrogen and oxygen atoms in total. The molecule has 0 spiro atoms. The molecule has 3 N–H and O–H groups in total. The lowest BCUT2D eigenvalue weighted by Crippen LogP contribution is -2.46. The predicted octanol–water partition coefficient (Wildman–Crippen LogP) is 1.11. The lowest BCUT2D eigenvalue weighted by Gasteiger charge is -2.29. The van der Waals surface area contributed by atoms with E-state index in [-0.39, 0.29) is 17.9 Å². The van der Waals surface area contributed by atoms with Gasteiger partial charge in [-0.25, -0.2) is 5.43 Å². The van der Waals surface area contributed by atoms with Crippen molar-refractivity contribution in [3.8, 4) is 0 Å². The van der Waals surface area contributed by atoms with E-state index in [0.717, 1.165) is 25.8 Å². The second kappa shape index (κ2) is 7.76. The van der Waals surface area contributed by atoms with Gasteiger partial charge in [0.25, 0.3) is 0 Å². The lowest BCUT2D eigenvalue weighted by molar-refractivity contribution is -0.132. The highest BCUT2D eigenvalue weighted by Gasteiger charge is 2.40. The standard InChI is InChI=1S/C20H28N4O2/c25-18(24-12-10-14-5-1-2-6-15(14)13-24)9-11-21-20(26)19-16-7-3-4-8-17(16)22-23-19/h1-2,5-6,16-17,19,22-23H,3-4,7-13H2,(H,21,26). The van der Waals surface area contributed by atoms with Crippen LogP contribution in [0.4, 0.5) is 0 Å². The molecule has 0 bridgehead atoms. The number of hydrogen-bond donors (Lipinski definition) is 3. The summed E-state index contributed by atoms with van der Waals surface area (Å²) in [4.78, 5) is 26.9. The van der Waals surface area contributed by atoms with Crippen LogP contribution in [0.1, 0.15) is 43.2 Å². The van der Waals surface area contributed by atoms with E-state index in [1.165, 1.54) is 24.0 Å². The zero-order valence-electron chi connectivity index (χ0n) is 15.2. The highest BCUT2D eigenvalue weighted by molar-refractivity contribution is 5.83. The first-order chi connectivity index (χ1) is 12.7. The molecule has 0 radical (unpaired) electrons. The number of benzene rings is 1. The fourth-order valence-corrected chi connectivity index (χ4v) is 4.57. The van der Waals surface area contributed by atoms with Crippen LogP contribution in [0, 0.1) is 5.92 Å². The zero-order valence-corrected chi connectivity index (χ0v) is 15.2. The van der Waals surface area contributed by atoms with Crippen molar-refractivity contribution in [2.45, 2.75) is 57.2 Å². The number of carbonyl (C=O) groups excluding carboxylic acids is 2. The minimum absolute atomic E-state index is 0.0173. The number of amides is 2. The summed E-state index contributed by atoms with van der Waals surface area (Å²) in [7, 11) is 0. The van der Waals surface area contributed by atoms with Gasteiger partial charge in [0.05, 0.1) is 0 Å². The molecule has 1 aromatic carbocycles. The van der Waals surface area contributed by atoms with Gasteiger partial charge < -0.3 is 10.2 Å². The number of hydrogen-bond acceptors (Lipinski definition) is 4. The molecular weight excluding hydrogens is 328 g/mol. The van der Waals surface area contributed by atoms with E-state index in [1.807, 2.05) is 11.0 Å². The van der Waals surface area contributed by atoms with Crippen molar-refractivity contribution in [1.29, 1.82) is 0 Å². The molecule has 3 aliphatic rings. The molecule has 2 fully saturated rings. The molecule has 140 valence electrons. The SMILES string of the molecule is O=C(NCCC(=O)N1CCc2ccccc2C1)C1NNC2CCCCC21. The van der Waals surface area contributed by atoms with E-state index >= 15 is 0 Å². The quantitative estimate of drug-likeness (QED) is 0.756. The van der Waals surface area contributed by atoms with E-state index in [9.17, 15) is 9.59 Å². The first-order valence-electron chi connectivity index (χ1n) is 9.86. The van der Waals surface area contributed by atoms with Crippen LogP contribution in [0.5, 0.6) is 0 Å². The van der Waals surface area contributed by atoms with Crippen LogP contribution in [0.2, 0.25) is 0 Å². The Morgan fingerprint density at radius 3 is 2.81 bits per heavy atom. The summed E-state index contributed by atoms with van der Waals surface area (Å²) < 4.78 is 0. The van der Waals surface area contributed by atoms with Crippen LogP contribution in [-0.4, -0.2) is 41.9 Å². The normalized spacial score (nSPS) is 27.5. The van der Waals surface area contributed by atoms with E-state index < -0.39 is 0 Å². The fourth-order valence-electron chi connectivity index (χ4n) is 4.57. The topological polar surface area (TPSA) is 73.5 Å². The summed E-state index contributed by atoms with van der Waals surface area (Å²) in [6.07, 6.45) is 5.93. The van der Waals surface area contributed by atoms with Crippen molar-refractivity contribution >= 4 is 11.8 Å². The average Bonchev–Trinajstić information content (AvgIpc) is 3.11. The molecule has 26 heavy (non-hydrogen) atoms. The number of carbonyl (C=O) groups is 2. The Morgan fingerprint density at radius 1 is 1.12 bits per heavy atom. The molecule has 3 atom stereocenters. The van der Waals surface area contributed by atoms with Crippen molar-refractivity contribution in [2.24, 2.45) is 5.92 Å². The molecule has 1 aliphatic carbocycles. The number of rotatable bonds is 4. The minimum atomic E-state index is -0.169. The van der Waals surface area contributed by atoms with Crippen molar-refractivity contribution in [2.75, 3.05) is 13.1 Å². The minimum Gasteiger partial charge on any atom is -0.354 e. The second-order valence-corrected chi connectivity index (χ2v) is 7.70. The van der Waals surface area contributed by atoms with Gasteiger partial charge in [0.15, 0.2) is 0 Å². The van der Waals surface area contributed by atoms with Gasteiger partial charge in [-0.3, -0.25) is 15.0 Å². The number of nitrogens with one attached hydrogen (secondary N) is 3. The van der Waals surface area contributed by atoms with Gasteiger partial charge in [0.1, 0.15) is 6.04 Å². The molecule has 2 amide bonds. The van der Waals surface area contributed by atoms with Crippen molar-refractivity contribution in [3.63, 3.8) is 0 Å². The van der Waals surface area contributed by atoms with Crippen LogP contribution < -0.4 is 16.2 Å². The van der Waals surface area contributed by atoms with E-state index in [0.29, 0.717) is 31.5 Å². The van der Waals surface area contributed by atoms with E-state index in [1.54, 1.807) is 0 Å². The molecule has 6 heteroatoms. The van der Waals surface area contributed by atoms with Crippen molar-refractivity contribution < 1.29 is 9.59 Å². The number of hydrazine groups is 1. The summed E-state index contributed by atoms with van der Waals surface area (Å²) in [6.45, 7) is 1.85. The Bertz CT molecular complexity index is 678. The smallest absolute Gasteiger partial charge is 0.238 e. The van der Waals surface area contributed by atoms with Crippen LogP contribution in [-0.2, 0) is 22.6 Å². The molecule has 3 unspecified atom stereocenters. The molecule has 1 saturated heterocycles. The Hall–Kier alpha value is -1.92. The first kappa shape index (κ1) is 17.5. The van der Waals surface area contributed by atoms with Crippen LogP contribution in [0.15, 0.2) is 24.3 Å². The molecule has 2 aliphatic heterocycles. The molecule has 2 heterocycles. The summed E-state index contributed by atoms with van der Waals surface area (Å²) in [5, 5.41) is 2.96. The second-order valence-electron chi connectivity index (χ2n) is 7.70. The third-order valence-corrected chi connectivity index (χ3v) is 6.08. The maximum Gasteiger partial charge on any atom is 0.238 e. The van der Waals surface area contributed by atoms with Crippen molar-refractivity contribution in [1.82, 2.24) is 21.1 Å². The number of nitrogens with zero attached hydrogens (tertiary/aromatic N) is 1. The first-order valence-corrected chi connectivity index (χ1v) is 9.86. The predicted molar refractivity (Wildman–Crippen MR) is 99.0 cm³/mol. The zero-order chi connectivity index (χ0) is 17.9. The summed E-state index contributed by atoms with van der Waals surface area (Å²) >= 11 is 0. The van der Waals surface area contributed by atoms with Crippen LogP contribution in [0.3, 0.4) is 0 Å². The van der Waals surface area contributed by atoms with Crippen LogP contribution >= 0.6 is 0 Å². The third kappa shape index (κ3) is 3.62. The highest BCUT2D eigenvalue weighted by atomic mass is 16.2. The van der Waals surface area contributed by atoms with Gasteiger partial charge in [0, 0.05) is 38.0 Å². The Morgan fingerprint density at radius 2 is 1.92 bits per heavy atom. The van der Waals surface area contributed by atoms with Gasteiger partial charge in [-0.15, -0.1) is 0 Å². The van der Waals surface area contributed by atoms with Gasteiger partial charge in [-0.05, 0) is 30.4 Å². The maximum absolute atomic E-state index is 12.5. The lowest BCUT2D eigenvalue weighted by atomic mass is 9.81. The molecule has 0 aromatic heterocycles.